The van der Waals surface area contributed by atoms with Crippen LogP contribution in [0.25, 0.3) is 0 Å². The van der Waals surface area contributed by atoms with Crippen molar-refractivity contribution in [1.29, 1.82) is 0 Å². The van der Waals surface area contributed by atoms with Crippen molar-refractivity contribution in [2.45, 2.75) is 84.8 Å². The highest BCUT2D eigenvalue weighted by Gasteiger charge is 2.60. The molecule has 134 valence electrons. The Morgan fingerprint density at radius 1 is 1.00 bits per heavy atom. The maximum atomic E-state index is 10.9. The number of aliphatic hydroxyl groups excluding tert-OH is 3. The van der Waals surface area contributed by atoms with Gasteiger partial charge in [0.2, 0.25) is 0 Å². The zero-order chi connectivity index (χ0) is 17.0. The summed E-state index contributed by atoms with van der Waals surface area (Å²) in [7, 11) is 0. The molecule has 0 radical (unpaired) electrons. The average molecular weight is 325 g/mol. The molecule has 3 aliphatic rings. The average Bonchev–Trinajstić information content (AvgIpc) is 2.50. The summed E-state index contributed by atoms with van der Waals surface area (Å²) < 4.78 is 0. The summed E-state index contributed by atoms with van der Waals surface area (Å²) in [6.45, 7) is 9.14. The Morgan fingerprint density at radius 3 is 2.35 bits per heavy atom. The molecule has 0 bridgehead atoms. The van der Waals surface area contributed by atoms with E-state index in [9.17, 15) is 15.3 Å². The lowest BCUT2D eigenvalue weighted by Gasteiger charge is -2.63. The van der Waals surface area contributed by atoms with Crippen molar-refractivity contribution < 1.29 is 15.3 Å². The van der Waals surface area contributed by atoms with E-state index in [1.54, 1.807) is 0 Å². The highest BCUT2D eigenvalue weighted by atomic mass is 16.3. The molecule has 7 atom stereocenters. The lowest BCUT2D eigenvalue weighted by Crippen LogP contribution is -2.60. The summed E-state index contributed by atoms with van der Waals surface area (Å²) in [6, 6.07) is 0. The Morgan fingerprint density at radius 2 is 1.70 bits per heavy atom. The summed E-state index contributed by atoms with van der Waals surface area (Å²) >= 11 is 0. The maximum absolute atomic E-state index is 10.9. The van der Waals surface area contributed by atoms with E-state index >= 15 is 0 Å². The monoisotopic (exact) mass is 324 g/mol. The zero-order valence-electron chi connectivity index (χ0n) is 15.4. The topological polar surface area (TPSA) is 60.7 Å². The normalized spacial score (nSPS) is 50.7. The third kappa shape index (κ3) is 2.58. The van der Waals surface area contributed by atoms with E-state index in [0.717, 1.165) is 32.1 Å². The Labute approximate surface area is 141 Å². The van der Waals surface area contributed by atoms with Gasteiger partial charge in [-0.05, 0) is 78.9 Å². The van der Waals surface area contributed by atoms with Gasteiger partial charge < -0.3 is 15.3 Å². The van der Waals surface area contributed by atoms with Gasteiger partial charge in [0, 0.05) is 0 Å². The van der Waals surface area contributed by atoms with E-state index < -0.39 is 6.10 Å². The molecule has 0 saturated heterocycles. The van der Waals surface area contributed by atoms with Gasteiger partial charge >= 0.3 is 0 Å². The SMILES string of the molecule is CC1(C)CC[C@@H](O)[C@]2(C)[C@H]3CC[C@](C)([C@H](O)CO)C[C@@H]3CC[C@@H]12. The van der Waals surface area contributed by atoms with Crippen molar-refractivity contribution in [3.05, 3.63) is 0 Å². The molecule has 0 aliphatic heterocycles. The fourth-order valence-corrected chi connectivity index (χ4v) is 6.87. The molecule has 0 unspecified atom stereocenters. The first kappa shape index (κ1) is 17.7. The summed E-state index contributed by atoms with van der Waals surface area (Å²) in [5.41, 5.74) is 0.189. The minimum atomic E-state index is -0.610. The zero-order valence-corrected chi connectivity index (χ0v) is 15.4. The molecular weight excluding hydrogens is 288 g/mol. The quantitative estimate of drug-likeness (QED) is 0.730. The van der Waals surface area contributed by atoms with Crippen LogP contribution in [0.1, 0.15) is 72.6 Å². The molecule has 0 spiro atoms. The molecule has 3 saturated carbocycles. The number of aliphatic hydroxyl groups is 3. The molecule has 0 aromatic heterocycles. The maximum Gasteiger partial charge on any atom is 0.0824 e. The van der Waals surface area contributed by atoms with Crippen molar-refractivity contribution in [3.8, 4) is 0 Å². The van der Waals surface area contributed by atoms with Crippen molar-refractivity contribution in [3.63, 3.8) is 0 Å². The Bertz CT molecular complexity index is 448. The third-order valence-corrected chi connectivity index (χ3v) is 8.40. The molecule has 3 N–H and O–H groups in total. The fraction of sp³-hybridized carbons (Fsp3) is 1.00. The molecule has 3 nitrogen and oxygen atoms in total. The second-order valence-electron chi connectivity index (χ2n) is 10.0. The molecule has 3 rings (SSSR count). The first-order valence-electron chi connectivity index (χ1n) is 9.62. The van der Waals surface area contributed by atoms with Crippen molar-refractivity contribution in [1.82, 2.24) is 0 Å². The summed E-state index contributed by atoms with van der Waals surface area (Å²) in [6.07, 6.45) is 6.73. The van der Waals surface area contributed by atoms with Gasteiger partial charge in [0.1, 0.15) is 0 Å². The standard InChI is InChI=1S/C20H36O3/c1-18(2)9-8-16(22)20(4)14-7-10-19(3,17(23)12-21)11-13(14)5-6-15(18)20/h13-17,21-23H,5-12H2,1-4H3/t13-,14-,15-,16+,17+,19-,20+/m0/s1. The minimum absolute atomic E-state index is 0.0240. The number of hydrogen-bond donors (Lipinski definition) is 3. The molecule has 23 heavy (non-hydrogen) atoms. The van der Waals surface area contributed by atoms with Crippen LogP contribution in [-0.2, 0) is 0 Å². The highest BCUT2D eigenvalue weighted by Crippen LogP contribution is 2.65. The lowest BCUT2D eigenvalue weighted by atomic mass is 9.42. The van der Waals surface area contributed by atoms with Crippen LogP contribution in [0.4, 0.5) is 0 Å². The summed E-state index contributed by atoms with van der Waals surface area (Å²) in [5.74, 6) is 1.75. The number of fused-ring (bicyclic) bond motifs is 3. The third-order valence-electron chi connectivity index (χ3n) is 8.40. The van der Waals surface area contributed by atoms with Gasteiger partial charge in [-0.25, -0.2) is 0 Å². The predicted molar refractivity (Wildman–Crippen MR) is 91.9 cm³/mol. The van der Waals surface area contributed by atoms with Crippen LogP contribution in [-0.4, -0.2) is 34.1 Å². The summed E-state index contributed by atoms with van der Waals surface area (Å²) in [4.78, 5) is 0. The van der Waals surface area contributed by atoms with E-state index in [1.165, 1.54) is 12.8 Å². The van der Waals surface area contributed by atoms with E-state index in [1.807, 2.05) is 0 Å². The van der Waals surface area contributed by atoms with Crippen LogP contribution in [0.5, 0.6) is 0 Å². The van der Waals surface area contributed by atoms with Crippen LogP contribution >= 0.6 is 0 Å². The molecule has 3 fully saturated rings. The minimum Gasteiger partial charge on any atom is -0.394 e. The highest BCUT2D eigenvalue weighted by molar-refractivity contribution is 5.09. The van der Waals surface area contributed by atoms with Crippen molar-refractivity contribution >= 4 is 0 Å². The Hall–Kier alpha value is -0.120. The molecule has 0 aromatic carbocycles. The van der Waals surface area contributed by atoms with E-state index in [0.29, 0.717) is 23.2 Å². The Balaban J connectivity index is 1.87. The molecule has 3 aliphatic carbocycles. The van der Waals surface area contributed by atoms with E-state index in [4.69, 9.17) is 0 Å². The van der Waals surface area contributed by atoms with Crippen LogP contribution in [0.3, 0.4) is 0 Å². The first-order valence-corrected chi connectivity index (χ1v) is 9.62. The van der Waals surface area contributed by atoms with Gasteiger partial charge in [-0.1, -0.05) is 27.7 Å². The van der Waals surface area contributed by atoms with Gasteiger partial charge in [0.05, 0.1) is 18.8 Å². The van der Waals surface area contributed by atoms with Crippen LogP contribution in [0.2, 0.25) is 0 Å². The first-order chi connectivity index (χ1) is 10.6. The van der Waals surface area contributed by atoms with Gasteiger partial charge in [0.25, 0.3) is 0 Å². The van der Waals surface area contributed by atoms with Gasteiger partial charge in [-0.2, -0.15) is 0 Å². The second kappa shape index (κ2) is 5.71. The second-order valence-corrected chi connectivity index (χ2v) is 10.0. The van der Waals surface area contributed by atoms with Gasteiger partial charge in [-0.3, -0.25) is 0 Å². The van der Waals surface area contributed by atoms with E-state index in [2.05, 4.69) is 27.7 Å². The summed E-state index contributed by atoms with van der Waals surface area (Å²) in [5, 5.41) is 30.6. The Kier molecular flexibility index (Phi) is 4.39. The smallest absolute Gasteiger partial charge is 0.0824 e. The van der Waals surface area contributed by atoms with Crippen LogP contribution in [0, 0.1) is 34.0 Å². The van der Waals surface area contributed by atoms with E-state index in [-0.39, 0.29) is 23.5 Å². The van der Waals surface area contributed by atoms with Gasteiger partial charge in [0.15, 0.2) is 0 Å². The molecule has 0 amide bonds. The number of hydrogen-bond acceptors (Lipinski definition) is 3. The van der Waals surface area contributed by atoms with Crippen LogP contribution < -0.4 is 0 Å². The molecule has 3 heteroatoms. The fourth-order valence-electron chi connectivity index (χ4n) is 6.87. The molecule has 0 aromatic rings. The molecule has 0 heterocycles. The van der Waals surface area contributed by atoms with Crippen LogP contribution in [0.15, 0.2) is 0 Å². The predicted octanol–water partition coefficient (Wildman–Crippen LogP) is 3.36. The largest absolute Gasteiger partial charge is 0.394 e. The number of rotatable bonds is 2. The molecular formula is C20H36O3. The lowest BCUT2D eigenvalue weighted by molar-refractivity contribution is -0.190. The van der Waals surface area contributed by atoms with Gasteiger partial charge in [-0.15, -0.1) is 0 Å². The van der Waals surface area contributed by atoms with Crippen molar-refractivity contribution in [2.75, 3.05) is 6.61 Å². The van der Waals surface area contributed by atoms with Crippen molar-refractivity contribution in [2.24, 2.45) is 34.0 Å².